The van der Waals surface area contributed by atoms with Crippen LogP contribution in [0.3, 0.4) is 0 Å². The fraction of sp³-hybridized carbons (Fsp3) is 0.364. The van der Waals surface area contributed by atoms with Crippen LogP contribution in [0.4, 0.5) is 0 Å². The molecule has 0 spiro atoms. The van der Waals surface area contributed by atoms with E-state index in [1.807, 2.05) is 6.92 Å². The molecule has 16 heavy (non-hydrogen) atoms. The van der Waals surface area contributed by atoms with E-state index in [1.54, 1.807) is 0 Å². The Labute approximate surface area is 92.5 Å². The van der Waals surface area contributed by atoms with Crippen LogP contribution >= 0.6 is 0 Å². The fourth-order valence-electron chi connectivity index (χ4n) is 1.45. The number of carboxylic acids is 1. The van der Waals surface area contributed by atoms with Crippen molar-refractivity contribution in [2.45, 2.75) is 19.4 Å². The summed E-state index contributed by atoms with van der Waals surface area (Å²) in [6.07, 6.45) is 2.30. The Kier molecular flexibility index (Phi) is 2.60. The molecule has 1 fully saturated rings. The number of hydrogen-bond donors (Lipinski definition) is 2. The van der Waals surface area contributed by atoms with E-state index in [2.05, 4.69) is 10.3 Å². The van der Waals surface area contributed by atoms with E-state index in [1.165, 1.54) is 18.3 Å². The summed E-state index contributed by atoms with van der Waals surface area (Å²) in [6.45, 7) is 2.05. The van der Waals surface area contributed by atoms with Gasteiger partial charge in [-0.25, -0.2) is 4.79 Å². The van der Waals surface area contributed by atoms with Gasteiger partial charge in [-0.1, -0.05) is 6.92 Å². The van der Waals surface area contributed by atoms with Gasteiger partial charge in [0.15, 0.2) is 0 Å². The highest BCUT2D eigenvalue weighted by Crippen LogP contribution is 2.29. The van der Waals surface area contributed by atoms with Crippen molar-refractivity contribution < 1.29 is 14.7 Å². The monoisotopic (exact) mass is 220 g/mol. The van der Waals surface area contributed by atoms with E-state index < -0.39 is 5.97 Å². The van der Waals surface area contributed by atoms with E-state index in [9.17, 15) is 9.59 Å². The van der Waals surface area contributed by atoms with E-state index >= 15 is 0 Å². The van der Waals surface area contributed by atoms with Gasteiger partial charge in [0.25, 0.3) is 5.91 Å². The van der Waals surface area contributed by atoms with Crippen molar-refractivity contribution in [3.63, 3.8) is 0 Å². The summed E-state index contributed by atoms with van der Waals surface area (Å²) in [5.41, 5.74) is 0.225. The number of rotatable bonds is 3. The highest BCUT2D eigenvalue weighted by Gasteiger charge is 2.34. The van der Waals surface area contributed by atoms with Crippen LogP contribution in [0, 0.1) is 5.92 Å². The van der Waals surface area contributed by atoms with Gasteiger partial charge >= 0.3 is 5.97 Å². The second kappa shape index (κ2) is 3.92. The first-order valence-corrected chi connectivity index (χ1v) is 5.08. The van der Waals surface area contributed by atoms with Crippen molar-refractivity contribution in [1.29, 1.82) is 0 Å². The molecule has 1 aliphatic carbocycles. The number of nitrogens with zero attached hydrogens (tertiary/aromatic N) is 1. The molecule has 1 aliphatic rings. The summed E-state index contributed by atoms with van der Waals surface area (Å²) in [7, 11) is 0. The largest absolute Gasteiger partial charge is 0.478 e. The van der Waals surface area contributed by atoms with E-state index in [-0.39, 0.29) is 23.2 Å². The Morgan fingerprint density at radius 3 is 2.81 bits per heavy atom. The smallest absolute Gasteiger partial charge is 0.335 e. The SMILES string of the molecule is CC1CC1NC(=O)c1cc(C(=O)O)ccn1. The second-order valence-corrected chi connectivity index (χ2v) is 4.03. The molecule has 2 atom stereocenters. The van der Waals surface area contributed by atoms with Gasteiger partial charge in [0, 0.05) is 12.2 Å². The van der Waals surface area contributed by atoms with Gasteiger partial charge in [0.1, 0.15) is 5.69 Å². The van der Waals surface area contributed by atoms with Crippen LogP contribution < -0.4 is 5.32 Å². The summed E-state index contributed by atoms with van der Waals surface area (Å²) < 4.78 is 0. The minimum atomic E-state index is -1.06. The molecule has 1 aromatic heterocycles. The number of nitrogens with one attached hydrogen (secondary N) is 1. The molecule has 2 N–H and O–H groups in total. The van der Waals surface area contributed by atoms with Crippen molar-refractivity contribution in [3.8, 4) is 0 Å². The van der Waals surface area contributed by atoms with Crippen LogP contribution in [0.25, 0.3) is 0 Å². The average molecular weight is 220 g/mol. The van der Waals surface area contributed by atoms with Crippen LogP contribution in [0.15, 0.2) is 18.3 Å². The number of hydrogen-bond acceptors (Lipinski definition) is 3. The number of carboxylic acid groups (broad SMARTS) is 1. The number of aromatic nitrogens is 1. The number of amides is 1. The Bertz CT molecular complexity index is 445. The zero-order valence-corrected chi connectivity index (χ0v) is 8.80. The maximum atomic E-state index is 11.6. The summed E-state index contributed by atoms with van der Waals surface area (Å²) in [5, 5.41) is 11.6. The third-order valence-electron chi connectivity index (χ3n) is 2.67. The molecule has 0 bridgehead atoms. The van der Waals surface area contributed by atoms with Gasteiger partial charge in [-0.15, -0.1) is 0 Å². The molecule has 1 heterocycles. The van der Waals surface area contributed by atoms with Gasteiger partial charge in [0.05, 0.1) is 5.56 Å². The number of carbonyl (C=O) groups is 2. The molecule has 1 amide bonds. The molecule has 5 heteroatoms. The van der Waals surface area contributed by atoms with Crippen LogP contribution in [0.1, 0.15) is 34.2 Å². The second-order valence-electron chi connectivity index (χ2n) is 4.03. The van der Waals surface area contributed by atoms with Gasteiger partial charge in [0.2, 0.25) is 0 Å². The molecular formula is C11H12N2O3. The van der Waals surface area contributed by atoms with Gasteiger partial charge in [-0.3, -0.25) is 9.78 Å². The molecule has 1 aromatic rings. The first-order valence-electron chi connectivity index (χ1n) is 5.08. The van der Waals surface area contributed by atoms with Crippen molar-refractivity contribution in [3.05, 3.63) is 29.6 Å². The third-order valence-corrected chi connectivity index (χ3v) is 2.67. The highest BCUT2D eigenvalue weighted by atomic mass is 16.4. The maximum Gasteiger partial charge on any atom is 0.335 e. The first-order chi connectivity index (χ1) is 7.58. The van der Waals surface area contributed by atoms with Crippen LogP contribution in [-0.2, 0) is 0 Å². The molecule has 5 nitrogen and oxygen atoms in total. The zero-order chi connectivity index (χ0) is 11.7. The molecule has 1 saturated carbocycles. The number of pyridine rings is 1. The summed E-state index contributed by atoms with van der Waals surface area (Å²) in [4.78, 5) is 26.2. The lowest BCUT2D eigenvalue weighted by Crippen LogP contribution is -2.27. The van der Waals surface area contributed by atoms with Crippen molar-refractivity contribution >= 4 is 11.9 Å². The van der Waals surface area contributed by atoms with Gasteiger partial charge in [-0.05, 0) is 24.5 Å². The quantitative estimate of drug-likeness (QED) is 0.793. The topological polar surface area (TPSA) is 79.3 Å². The van der Waals surface area contributed by atoms with Crippen LogP contribution in [0.2, 0.25) is 0 Å². The van der Waals surface area contributed by atoms with Gasteiger partial charge < -0.3 is 10.4 Å². The predicted octanol–water partition coefficient (Wildman–Crippen LogP) is 0.918. The third kappa shape index (κ3) is 2.18. The molecule has 0 radical (unpaired) electrons. The zero-order valence-electron chi connectivity index (χ0n) is 8.80. The van der Waals surface area contributed by atoms with Gasteiger partial charge in [-0.2, -0.15) is 0 Å². The lowest BCUT2D eigenvalue weighted by atomic mass is 10.2. The Hall–Kier alpha value is -1.91. The summed E-state index contributed by atoms with van der Waals surface area (Å²) in [6, 6.07) is 2.85. The minimum absolute atomic E-state index is 0.0731. The molecule has 0 aromatic carbocycles. The predicted molar refractivity (Wildman–Crippen MR) is 56.2 cm³/mol. The maximum absolute atomic E-state index is 11.6. The molecule has 2 rings (SSSR count). The summed E-state index contributed by atoms with van der Waals surface area (Å²) >= 11 is 0. The summed E-state index contributed by atoms with van der Waals surface area (Å²) in [5.74, 6) is -0.861. The first kappa shape index (κ1) is 10.6. The van der Waals surface area contributed by atoms with E-state index in [0.717, 1.165) is 6.42 Å². The lowest BCUT2D eigenvalue weighted by molar-refractivity contribution is 0.0696. The molecule has 2 unspecified atom stereocenters. The average Bonchev–Trinajstić information content (AvgIpc) is 2.94. The van der Waals surface area contributed by atoms with Crippen LogP contribution in [0.5, 0.6) is 0 Å². The molecular weight excluding hydrogens is 208 g/mol. The normalized spacial score (nSPS) is 22.6. The Morgan fingerprint density at radius 1 is 1.56 bits per heavy atom. The molecule has 84 valence electrons. The van der Waals surface area contributed by atoms with Crippen molar-refractivity contribution in [2.24, 2.45) is 5.92 Å². The molecule has 0 saturated heterocycles. The molecule has 0 aliphatic heterocycles. The van der Waals surface area contributed by atoms with E-state index in [4.69, 9.17) is 5.11 Å². The van der Waals surface area contributed by atoms with Crippen molar-refractivity contribution in [2.75, 3.05) is 0 Å². The van der Waals surface area contributed by atoms with E-state index in [0.29, 0.717) is 5.92 Å². The Morgan fingerprint density at radius 2 is 2.25 bits per heavy atom. The fourth-order valence-corrected chi connectivity index (χ4v) is 1.45. The van der Waals surface area contributed by atoms with Crippen molar-refractivity contribution in [1.82, 2.24) is 10.3 Å². The number of carbonyl (C=O) groups excluding carboxylic acids is 1. The Balaban J connectivity index is 2.10. The highest BCUT2D eigenvalue weighted by molar-refractivity contribution is 5.96. The lowest BCUT2D eigenvalue weighted by Gasteiger charge is -2.03. The minimum Gasteiger partial charge on any atom is -0.478 e. The number of aromatic carboxylic acids is 1. The van der Waals surface area contributed by atoms with Crippen LogP contribution in [-0.4, -0.2) is 28.0 Å². The standard InChI is InChI=1S/C11H12N2O3/c1-6-4-8(6)13-10(14)9-5-7(11(15)16)2-3-12-9/h2-3,5-6,8H,4H2,1H3,(H,13,14)(H,15,16).